The summed E-state index contributed by atoms with van der Waals surface area (Å²) in [4.78, 5) is 39.0. The van der Waals surface area contributed by atoms with E-state index in [1.54, 1.807) is 29.2 Å². The van der Waals surface area contributed by atoms with E-state index in [4.69, 9.17) is 9.15 Å². The Balaban J connectivity index is 1.69. The van der Waals surface area contributed by atoms with E-state index >= 15 is 0 Å². The highest BCUT2D eigenvalue weighted by atomic mass is 16.6. The maximum Gasteiger partial charge on any atom is 0.291 e. The lowest BCUT2D eigenvalue weighted by atomic mass is 9.97. The van der Waals surface area contributed by atoms with Gasteiger partial charge in [0.15, 0.2) is 5.43 Å². The maximum atomic E-state index is 13.5. The van der Waals surface area contributed by atoms with E-state index in [2.05, 4.69) is 0 Å². The van der Waals surface area contributed by atoms with Crippen LogP contribution >= 0.6 is 0 Å². The van der Waals surface area contributed by atoms with Crippen LogP contribution in [0.25, 0.3) is 11.0 Å². The molecule has 2 aliphatic rings. The molecule has 2 aliphatic heterocycles. The lowest BCUT2D eigenvalue weighted by molar-refractivity contribution is -0.384. The highest BCUT2D eigenvalue weighted by Crippen LogP contribution is 2.39. The average Bonchev–Trinajstić information content (AvgIpc) is 3.36. The van der Waals surface area contributed by atoms with Crippen LogP contribution in [-0.4, -0.2) is 35.0 Å². The molecule has 1 saturated heterocycles. The van der Waals surface area contributed by atoms with E-state index < -0.39 is 11.0 Å². The topological polar surface area (TPSA) is 103 Å². The van der Waals surface area contributed by atoms with Gasteiger partial charge in [-0.1, -0.05) is 11.6 Å². The molecule has 3 aromatic rings. The maximum absolute atomic E-state index is 13.5. The summed E-state index contributed by atoms with van der Waals surface area (Å²) in [5, 5.41) is 11.5. The minimum atomic E-state index is -0.686. The van der Waals surface area contributed by atoms with Gasteiger partial charge in [-0.25, -0.2) is 0 Å². The number of nitrogens with zero attached hydrogens (tertiary/aromatic N) is 2. The number of hydrogen-bond acceptors (Lipinski definition) is 6. The number of nitro groups is 1. The number of rotatable bonds is 4. The Hall–Kier alpha value is -3.52. The molecule has 158 valence electrons. The second-order valence-corrected chi connectivity index (χ2v) is 8.02. The van der Waals surface area contributed by atoms with Crippen molar-refractivity contribution in [2.24, 2.45) is 0 Å². The summed E-state index contributed by atoms with van der Waals surface area (Å²) in [7, 11) is 0. The fourth-order valence-corrected chi connectivity index (χ4v) is 4.46. The van der Waals surface area contributed by atoms with Crippen molar-refractivity contribution >= 4 is 22.6 Å². The van der Waals surface area contributed by atoms with Crippen molar-refractivity contribution in [3.8, 4) is 0 Å². The zero-order chi connectivity index (χ0) is 21.7. The van der Waals surface area contributed by atoms with Crippen LogP contribution in [0.4, 0.5) is 5.69 Å². The third-order valence-electron chi connectivity index (χ3n) is 5.97. The summed E-state index contributed by atoms with van der Waals surface area (Å²) >= 11 is 0. The van der Waals surface area contributed by atoms with E-state index in [0.29, 0.717) is 29.7 Å². The molecule has 1 aromatic heterocycles. The number of ether oxygens (including phenoxy) is 1. The van der Waals surface area contributed by atoms with Crippen LogP contribution in [0.5, 0.6) is 0 Å². The number of aryl methyl sites for hydroxylation is 1. The number of hydrogen-bond donors (Lipinski definition) is 0. The molecule has 31 heavy (non-hydrogen) atoms. The van der Waals surface area contributed by atoms with Gasteiger partial charge in [0.05, 0.1) is 28.0 Å². The van der Waals surface area contributed by atoms with Crippen LogP contribution in [0.1, 0.15) is 46.1 Å². The van der Waals surface area contributed by atoms with Gasteiger partial charge < -0.3 is 14.1 Å². The van der Waals surface area contributed by atoms with E-state index in [-0.39, 0.29) is 34.5 Å². The Bertz CT molecular complexity index is 1260. The molecule has 8 nitrogen and oxygen atoms in total. The number of amides is 1. The molecule has 3 heterocycles. The minimum absolute atomic E-state index is 0.0303. The highest BCUT2D eigenvalue weighted by Gasteiger charge is 2.44. The van der Waals surface area contributed by atoms with Crippen LogP contribution in [-0.2, 0) is 4.74 Å². The Morgan fingerprint density at radius 3 is 2.61 bits per heavy atom. The summed E-state index contributed by atoms with van der Waals surface area (Å²) in [6, 6.07) is 10.5. The smallest absolute Gasteiger partial charge is 0.291 e. The SMILES string of the molecule is Cc1ccc2oc3c(c(=O)c2c1)[C@H](c1ccc([N+](=O)[O-])cc1)N(C[C@@H]1CCCO1)C3=O. The molecule has 0 radical (unpaired) electrons. The predicted molar refractivity (Wildman–Crippen MR) is 112 cm³/mol. The zero-order valence-corrected chi connectivity index (χ0v) is 16.9. The van der Waals surface area contributed by atoms with E-state index in [1.807, 2.05) is 13.0 Å². The number of non-ortho nitro benzene ring substituents is 1. The standard InChI is InChI=1S/C23H20N2O6/c1-13-4-9-18-17(11-13)21(26)19-20(14-5-7-15(8-6-14)25(28)29)24(23(27)22(19)31-18)12-16-3-2-10-30-16/h4-9,11,16,20H,2-3,10,12H2,1H3/t16-,20-/m0/s1. The van der Waals surface area contributed by atoms with Crippen molar-refractivity contribution in [1.82, 2.24) is 4.90 Å². The lowest BCUT2D eigenvalue weighted by Crippen LogP contribution is -2.36. The molecule has 2 aromatic carbocycles. The van der Waals surface area contributed by atoms with Crippen LogP contribution < -0.4 is 5.43 Å². The van der Waals surface area contributed by atoms with E-state index in [9.17, 15) is 19.7 Å². The van der Waals surface area contributed by atoms with Gasteiger partial charge in [0.1, 0.15) is 5.58 Å². The molecule has 0 bridgehead atoms. The molecule has 0 aliphatic carbocycles. The number of nitro benzene ring substituents is 1. The summed E-state index contributed by atoms with van der Waals surface area (Å²) in [6.07, 6.45) is 1.63. The highest BCUT2D eigenvalue weighted by molar-refractivity contribution is 5.99. The van der Waals surface area contributed by atoms with Gasteiger partial charge in [-0.2, -0.15) is 0 Å². The van der Waals surface area contributed by atoms with Crippen molar-refractivity contribution in [3.05, 3.63) is 85.3 Å². The number of benzene rings is 2. The summed E-state index contributed by atoms with van der Waals surface area (Å²) in [5.41, 5.74) is 1.85. The van der Waals surface area contributed by atoms with Crippen LogP contribution in [0.2, 0.25) is 0 Å². The molecular weight excluding hydrogens is 400 g/mol. The zero-order valence-electron chi connectivity index (χ0n) is 16.9. The Kier molecular flexibility index (Phi) is 4.59. The molecule has 0 saturated carbocycles. The molecule has 1 amide bonds. The summed E-state index contributed by atoms with van der Waals surface area (Å²) in [6.45, 7) is 2.84. The normalized spacial score (nSPS) is 20.4. The van der Waals surface area contributed by atoms with Gasteiger partial charge >= 0.3 is 0 Å². The first-order valence-corrected chi connectivity index (χ1v) is 10.2. The fourth-order valence-electron chi connectivity index (χ4n) is 4.46. The molecular formula is C23H20N2O6. The molecule has 2 atom stereocenters. The second-order valence-electron chi connectivity index (χ2n) is 8.02. The fraction of sp³-hybridized carbons (Fsp3) is 0.304. The lowest BCUT2D eigenvalue weighted by Gasteiger charge is -2.27. The second kappa shape index (κ2) is 7.31. The molecule has 5 rings (SSSR count). The van der Waals surface area contributed by atoms with Gasteiger partial charge in [0, 0.05) is 25.3 Å². The average molecular weight is 420 g/mol. The van der Waals surface area contributed by atoms with Crippen molar-refractivity contribution in [2.75, 3.05) is 13.2 Å². The third-order valence-corrected chi connectivity index (χ3v) is 5.97. The molecule has 0 unspecified atom stereocenters. The van der Waals surface area contributed by atoms with Crippen molar-refractivity contribution in [3.63, 3.8) is 0 Å². The Morgan fingerprint density at radius 1 is 1.16 bits per heavy atom. The first-order valence-electron chi connectivity index (χ1n) is 10.2. The van der Waals surface area contributed by atoms with E-state index in [1.165, 1.54) is 12.1 Å². The largest absolute Gasteiger partial charge is 0.450 e. The predicted octanol–water partition coefficient (Wildman–Crippen LogP) is 3.73. The number of fused-ring (bicyclic) bond motifs is 2. The monoisotopic (exact) mass is 420 g/mol. The molecule has 1 fully saturated rings. The van der Waals surface area contributed by atoms with Crippen LogP contribution in [0.15, 0.2) is 51.7 Å². The third kappa shape index (κ3) is 3.19. The Morgan fingerprint density at radius 2 is 1.94 bits per heavy atom. The quantitative estimate of drug-likeness (QED) is 0.471. The van der Waals surface area contributed by atoms with Crippen LogP contribution in [0, 0.1) is 17.0 Å². The van der Waals surface area contributed by atoms with Gasteiger partial charge in [0.2, 0.25) is 5.76 Å². The van der Waals surface area contributed by atoms with Gasteiger partial charge in [0.25, 0.3) is 11.6 Å². The molecule has 8 heteroatoms. The van der Waals surface area contributed by atoms with Gasteiger partial charge in [-0.15, -0.1) is 0 Å². The molecule has 0 spiro atoms. The van der Waals surface area contributed by atoms with Crippen LogP contribution in [0.3, 0.4) is 0 Å². The number of carbonyl (C=O) groups excluding carboxylic acids is 1. The molecule has 0 N–H and O–H groups in total. The van der Waals surface area contributed by atoms with E-state index in [0.717, 1.165) is 18.4 Å². The van der Waals surface area contributed by atoms with Crippen molar-refractivity contribution < 1.29 is 18.9 Å². The first kappa shape index (κ1) is 19.4. The Labute approximate surface area is 177 Å². The van der Waals surface area contributed by atoms with Crippen molar-refractivity contribution in [2.45, 2.75) is 31.9 Å². The number of carbonyl (C=O) groups is 1. The van der Waals surface area contributed by atoms with Crippen molar-refractivity contribution in [1.29, 1.82) is 0 Å². The van der Waals surface area contributed by atoms with Gasteiger partial charge in [-0.05, 0) is 49.6 Å². The minimum Gasteiger partial charge on any atom is -0.450 e. The summed E-state index contributed by atoms with van der Waals surface area (Å²) < 4.78 is 11.6. The summed E-state index contributed by atoms with van der Waals surface area (Å²) in [5.74, 6) is -0.337. The van der Waals surface area contributed by atoms with Gasteiger partial charge in [-0.3, -0.25) is 19.7 Å². The first-order chi connectivity index (χ1) is 14.9.